The van der Waals surface area contributed by atoms with Crippen molar-refractivity contribution in [3.8, 4) is 0 Å². The van der Waals surface area contributed by atoms with Crippen molar-refractivity contribution in [1.82, 2.24) is 4.72 Å². The topological polar surface area (TPSA) is 72.2 Å². The number of rotatable bonds is 4. The van der Waals surface area contributed by atoms with E-state index in [1.54, 1.807) is 12.1 Å². The van der Waals surface area contributed by atoms with Gasteiger partial charge < -0.3 is 5.73 Å². The number of hydrogen-bond donors (Lipinski definition) is 2. The molecule has 20 heavy (non-hydrogen) atoms. The van der Waals surface area contributed by atoms with E-state index in [4.69, 9.17) is 5.73 Å². The SMILES string of the molecule is Cc1cc(CN)ccc1S(=O)(=O)NC1CC2CCC1C2. The van der Waals surface area contributed by atoms with Crippen LogP contribution in [0, 0.1) is 18.8 Å². The van der Waals surface area contributed by atoms with Gasteiger partial charge in [-0.3, -0.25) is 0 Å². The van der Waals surface area contributed by atoms with Crippen LogP contribution in [-0.4, -0.2) is 14.5 Å². The van der Waals surface area contributed by atoms with Crippen molar-refractivity contribution in [1.29, 1.82) is 0 Å². The largest absolute Gasteiger partial charge is 0.326 e. The van der Waals surface area contributed by atoms with Gasteiger partial charge in [-0.2, -0.15) is 0 Å². The number of nitrogens with two attached hydrogens (primary N) is 1. The van der Waals surface area contributed by atoms with E-state index >= 15 is 0 Å². The molecule has 2 aliphatic rings. The fraction of sp³-hybridized carbons (Fsp3) is 0.600. The standard InChI is InChI=1S/C15H22N2O2S/c1-10-6-12(9-16)3-5-15(10)20(18,19)17-14-8-11-2-4-13(14)7-11/h3,5-6,11,13-14,17H,2,4,7-9,16H2,1H3. The van der Waals surface area contributed by atoms with Crippen LogP contribution in [-0.2, 0) is 16.6 Å². The van der Waals surface area contributed by atoms with Gasteiger partial charge in [-0.1, -0.05) is 18.6 Å². The molecule has 110 valence electrons. The summed E-state index contributed by atoms with van der Waals surface area (Å²) in [5, 5.41) is 0. The van der Waals surface area contributed by atoms with Crippen LogP contribution in [0.5, 0.6) is 0 Å². The Kier molecular flexibility index (Phi) is 3.60. The molecule has 0 aromatic heterocycles. The third kappa shape index (κ3) is 2.50. The van der Waals surface area contributed by atoms with Crippen molar-refractivity contribution in [2.45, 2.75) is 50.1 Å². The molecule has 3 unspecified atom stereocenters. The molecule has 0 aliphatic heterocycles. The summed E-state index contributed by atoms with van der Waals surface area (Å²) >= 11 is 0. The van der Waals surface area contributed by atoms with Crippen molar-refractivity contribution in [2.75, 3.05) is 0 Å². The zero-order chi connectivity index (χ0) is 14.3. The molecule has 0 spiro atoms. The highest BCUT2D eigenvalue weighted by atomic mass is 32.2. The first-order chi connectivity index (χ1) is 9.49. The number of sulfonamides is 1. The first kappa shape index (κ1) is 14.0. The fourth-order valence-corrected chi connectivity index (χ4v) is 5.34. The minimum absolute atomic E-state index is 0.132. The molecule has 3 rings (SSSR count). The number of benzene rings is 1. The smallest absolute Gasteiger partial charge is 0.241 e. The molecule has 0 radical (unpaired) electrons. The lowest BCUT2D eigenvalue weighted by Gasteiger charge is -2.23. The Morgan fingerprint density at radius 1 is 1.30 bits per heavy atom. The summed E-state index contributed by atoms with van der Waals surface area (Å²) in [6.45, 7) is 2.26. The summed E-state index contributed by atoms with van der Waals surface area (Å²) in [7, 11) is -3.41. The van der Waals surface area contributed by atoms with E-state index in [1.807, 2.05) is 13.0 Å². The molecule has 4 nitrogen and oxygen atoms in total. The first-order valence-corrected chi connectivity index (χ1v) is 8.80. The third-order valence-electron chi connectivity index (χ3n) is 4.81. The molecule has 2 aliphatic carbocycles. The molecule has 0 amide bonds. The van der Waals surface area contributed by atoms with Gasteiger partial charge >= 0.3 is 0 Å². The molecule has 3 N–H and O–H groups in total. The van der Waals surface area contributed by atoms with Crippen LogP contribution in [0.2, 0.25) is 0 Å². The van der Waals surface area contributed by atoms with E-state index in [2.05, 4.69) is 4.72 Å². The zero-order valence-corrected chi connectivity index (χ0v) is 12.6. The van der Waals surface area contributed by atoms with E-state index in [-0.39, 0.29) is 6.04 Å². The molecule has 3 atom stereocenters. The van der Waals surface area contributed by atoms with E-state index in [9.17, 15) is 8.42 Å². The van der Waals surface area contributed by atoms with Crippen LogP contribution in [0.1, 0.15) is 36.8 Å². The summed E-state index contributed by atoms with van der Waals surface area (Å²) in [4.78, 5) is 0.387. The van der Waals surface area contributed by atoms with Crippen molar-refractivity contribution >= 4 is 10.0 Å². The van der Waals surface area contributed by atoms with E-state index in [0.29, 0.717) is 17.4 Å². The van der Waals surface area contributed by atoms with Gasteiger partial charge in [-0.15, -0.1) is 0 Å². The van der Waals surface area contributed by atoms with Gasteiger partial charge in [0.2, 0.25) is 10.0 Å². The maximum atomic E-state index is 12.5. The Morgan fingerprint density at radius 3 is 2.65 bits per heavy atom. The third-order valence-corrected chi connectivity index (χ3v) is 6.46. The Bertz CT molecular complexity index is 612. The predicted octanol–water partition coefficient (Wildman–Crippen LogP) is 1.92. The zero-order valence-electron chi connectivity index (χ0n) is 11.8. The average Bonchev–Trinajstić information content (AvgIpc) is 2.99. The molecule has 2 saturated carbocycles. The molecule has 2 fully saturated rings. The number of aryl methyl sites for hydroxylation is 1. The normalized spacial score (nSPS) is 29.0. The molecule has 0 saturated heterocycles. The van der Waals surface area contributed by atoms with Crippen molar-refractivity contribution < 1.29 is 8.42 Å². The average molecular weight is 294 g/mol. The minimum Gasteiger partial charge on any atom is -0.326 e. The van der Waals surface area contributed by atoms with Crippen LogP contribution in [0.3, 0.4) is 0 Å². The minimum atomic E-state index is -3.41. The van der Waals surface area contributed by atoms with Gasteiger partial charge in [-0.25, -0.2) is 13.1 Å². The van der Waals surface area contributed by atoms with Crippen LogP contribution in [0.25, 0.3) is 0 Å². The van der Waals surface area contributed by atoms with Crippen LogP contribution >= 0.6 is 0 Å². The van der Waals surface area contributed by atoms with E-state index in [1.165, 1.54) is 19.3 Å². The molecule has 1 aromatic carbocycles. The van der Waals surface area contributed by atoms with Gasteiger partial charge in [0.15, 0.2) is 0 Å². The fourth-order valence-electron chi connectivity index (χ4n) is 3.79. The summed E-state index contributed by atoms with van der Waals surface area (Å²) in [5.41, 5.74) is 7.31. The van der Waals surface area contributed by atoms with E-state index < -0.39 is 10.0 Å². The van der Waals surface area contributed by atoms with Gasteiger partial charge in [0.25, 0.3) is 0 Å². The monoisotopic (exact) mass is 294 g/mol. The quantitative estimate of drug-likeness (QED) is 0.891. The Hall–Kier alpha value is -0.910. The van der Waals surface area contributed by atoms with E-state index in [0.717, 1.165) is 23.5 Å². The highest BCUT2D eigenvalue weighted by molar-refractivity contribution is 7.89. The molecule has 2 bridgehead atoms. The highest BCUT2D eigenvalue weighted by Crippen LogP contribution is 2.44. The van der Waals surface area contributed by atoms with Crippen LogP contribution in [0.15, 0.2) is 23.1 Å². The summed E-state index contributed by atoms with van der Waals surface area (Å²) < 4.78 is 28.0. The first-order valence-electron chi connectivity index (χ1n) is 7.31. The van der Waals surface area contributed by atoms with Crippen molar-refractivity contribution in [3.05, 3.63) is 29.3 Å². The van der Waals surface area contributed by atoms with Gasteiger partial charge in [0.1, 0.15) is 0 Å². The summed E-state index contributed by atoms with van der Waals surface area (Å²) in [6, 6.07) is 5.46. The van der Waals surface area contributed by atoms with Gasteiger partial charge in [0, 0.05) is 12.6 Å². The van der Waals surface area contributed by atoms with Crippen LogP contribution in [0.4, 0.5) is 0 Å². The van der Waals surface area contributed by atoms with Crippen LogP contribution < -0.4 is 10.5 Å². The van der Waals surface area contributed by atoms with Gasteiger partial charge in [0.05, 0.1) is 4.90 Å². The summed E-state index contributed by atoms with van der Waals surface area (Å²) in [5.74, 6) is 1.27. The Morgan fingerprint density at radius 2 is 2.10 bits per heavy atom. The Labute approximate surface area is 120 Å². The molecule has 1 aromatic rings. The highest BCUT2D eigenvalue weighted by Gasteiger charge is 2.41. The lowest BCUT2D eigenvalue weighted by molar-refractivity contribution is 0.390. The lowest BCUT2D eigenvalue weighted by Crippen LogP contribution is -2.38. The number of hydrogen-bond acceptors (Lipinski definition) is 3. The molecule has 0 heterocycles. The molecular formula is C15H22N2O2S. The Balaban J connectivity index is 1.81. The van der Waals surface area contributed by atoms with Crippen molar-refractivity contribution in [2.24, 2.45) is 17.6 Å². The second-order valence-electron chi connectivity index (χ2n) is 6.21. The maximum absolute atomic E-state index is 12.5. The van der Waals surface area contributed by atoms with Crippen molar-refractivity contribution in [3.63, 3.8) is 0 Å². The second-order valence-corrected chi connectivity index (χ2v) is 7.89. The molecule has 5 heteroatoms. The number of nitrogens with one attached hydrogen (secondary N) is 1. The predicted molar refractivity (Wildman–Crippen MR) is 78.6 cm³/mol. The maximum Gasteiger partial charge on any atom is 0.241 e. The lowest BCUT2D eigenvalue weighted by atomic mass is 9.96. The second kappa shape index (κ2) is 5.13. The number of fused-ring (bicyclic) bond motifs is 2. The van der Waals surface area contributed by atoms with Gasteiger partial charge in [-0.05, 0) is 55.2 Å². The molecular weight excluding hydrogens is 272 g/mol. The summed E-state index contributed by atoms with van der Waals surface area (Å²) in [6.07, 6.45) is 4.64.